The van der Waals surface area contributed by atoms with Crippen LogP contribution < -0.4 is 9.47 Å². The molecule has 0 amide bonds. The molecule has 0 N–H and O–H groups in total. The van der Waals surface area contributed by atoms with Gasteiger partial charge in [0.15, 0.2) is 23.2 Å². The Morgan fingerprint density at radius 2 is 1.41 bits per heavy atom. The van der Waals surface area contributed by atoms with E-state index in [9.17, 15) is 44.6 Å². The quantitative estimate of drug-likeness (QED) is 0.268. The second-order valence-corrected chi connectivity index (χ2v) is 7.72. The van der Waals surface area contributed by atoms with Gasteiger partial charge in [0.05, 0.1) is 5.56 Å². The van der Waals surface area contributed by atoms with Crippen molar-refractivity contribution in [2.75, 3.05) is 0 Å². The Morgan fingerprint density at radius 1 is 0.784 bits per heavy atom. The Labute approximate surface area is 202 Å². The van der Waals surface area contributed by atoms with E-state index in [4.69, 9.17) is 0 Å². The second-order valence-electron chi connectivity index (χ2n) is 7.72. The molecule has 3 aromatic carbocycles. The minimum Gasteiger partial charge on any atom is -0.429 e. The summed E-state index contributed by atoms with van der Waals surface area (Å²) in [5, 5.41) is 12.2. The van der Waals surface area contributed by atoms with E-state index >= 15 is 4.39 Å². The van der Waals surface area contributed by atoms with Gasteiger partial charge < -0.3 is 9.47 Å². The molecule has 3 nitrogen and oxygen atoms in total. The first kappa shape index (κ1) is 27.9. The van der Waals surface area contributed by atoms with E-state index in [-0.39, 0.29) is 18.2 Å². The molecule has 0 spiro atoms. The molecular weight excluding hydrogens is 526 g/mol. The molecule has 0 aromatic heterocycles. The molecule has 0 heterocycles. The molecule has 1 radical (unpaired) electrons. The van der Waals surface area contributed by atoms with Gasteiger partial charge >= 0.3 is 12.5 Å². The van der Waals surface area contributed by atoms with Gasteiger partial charge in [-0.15, -0.1) is 13.2 Å². The lowest BCUT2D eigenvalue weighted by atomic mass is 9.97. The Morgan fingerprint density at radius 3 is 1.95 bits per heavy atom. The van der Waals surface area contributed by atoms with Crippen molar-refractivity contribution in [1.82, 2.24) is 0 Å². The highest BCUT2D eigenvalue weighted by atomic mass is 19.4. The first-order valence-corrected chi connectivity index (χ1v) is 10.4. The SMILES string of the molecule is CCCCc1ccc(-c2c([O])cc(F)c(C(F)(F)Oc3cc(F)c(OC(F)(F)F)c(F)c3)c2F)c(F)c1. The molecule has 0 aliphatic carbocycles. The highest BCUT2D eigenvalue weighted by Gasteiger charge is 2.44. The molecule has 0 saturated carbocycles. The second kappa shape index (κ2) is 10.4. The number of rotatable bonds is 8. The molecule has 0 saturated heterocycles. The zero-order valence-electron chi connectivity index (χ0n) is 18.6. The molecule has 37 heavy (non-hydrogen) atoms. The van der Waals surface area contributed by atoms with E-state index < -0.39 is 75.5 Å². The third-order valence-corrected chi connectivity index (χ3v) is 5.03. The van der Waals surface area contributed by atoms with Gasteiger partial charge in [-0.1, -0.05) is 25.5 Å². The summed E-state index contributed by atoms with van der Waals surface area (Å²) in [6.45, 7) is 1.87. The number of hydrogen-bond donors (Lipinski definition) is 0. The van der Waals surface area contributed by atoms with E-state index in [2.05, 4.69) is 9.47 Å². The molecule has 0 fully saturated rings. The maximum atomic E-state index is 15.1. The van der Waals surface area contributed by atoms with Gasteiger partial charge in [0.1, 0.15) is 22.9 Å². The van der Waals surface area contributed by atoms with Crippen molar-refractivity contribution in [3.8, 4) is 28.4 Å². The number of halogens is 10. The fourth-order valence-corrected chi connectivity index (χ4v) is 3.42. The van der Waals surface area contributed by atoms with Crippen molar-refractivity contribution < 1.29 is 58.5 Å². The van der Waals surface area contributed by atoms with E-state index in [1.165, 1.54) is 6.07 Å². The molecule has 0 aliphatic rings. The summed E-state index contributed by atoms with van der Waals surface area (Å²) in [5.74, 6) is -14.7. The van der Waals surface area contributed by atoms with Crippen LogP contribution in [0.3, 0.4) is 0 Å². The third kappa shape index (κ3) is 6.20. The molecule has 3 rings (SSSR count). The highest BCUT2D eigenvalue weighted by Crippen LogP contribution is 2.44. The maximum absolute atomic E-state index is 15.1. The summed E-state index contributed by atoms with van der Waals surface area (Å²) in [5.41, 5.74) is -3.75. The normalized spacial score (nSPS) is 12.1. The number of ether oxygens (including phenoxy) is 2. The number of unbranched alkanes of at least 4 members (excludes halogenated alkanes) is 1. The summed E-state index contributed by atoms with van der Waals surface area (Å²) >= 11 is 0. The predicted molar refractivity (Wildman–Crippen MR) is 108 cm³/mol. The van der Waals surface area contributed by atoms with Crippen molar-refractivity contribution >= 4 is 0 Å². The van der Waals surface area contributed by atoms with Crippen LogP contribution >= 0.6 is 0 Å². The Bertz CT molecular complexity index is 1280. The van der Waals surface area contributed by atoms with Crippen molar-refractivity contribution in [1.29, 1.82) is 0 Å². The van der Waals surface area contributed by atoms with Gasteiger partial charge in [-0.2, -0.15) is 8.78 Å². The van der Waals surface area contributed by atoms with Crippen molar-refractivity contribution in [2.24, 2.45) is 0 Å². The molecule has 3 aromatic rings. The van der Waals surface area contributed by atoms with Crippen LogP contribution in [0.15, 0.2) is 36.4 Å². The van der Waals surface area contributed by atoms with E-state index in [0.717, 1.165) is 18.6 Å². The van der Waals surface area contributed by atoms with Crippen LogP contribution in [0, 0.1) is 29.1 Å². The summed E-state index contributed by atoms with van der Waals surface area (Å²) in [7, 11) is 0. The minimum atomic E-state index is -5.53. The van der Waals surface area contributed by atoms with Gasteiger partial charge in [-0.05, 0) is 24.5 Å². The fourth-order valence-electron chi connectivity index (χ4n) is 3.42. The number of alkyl halides is 5. The summed E-state index contributed by atoms with van der Waals surface area (Å²) in [4.78, 5) is 0. The topological polar surface area (TPSA) is 38.4 Å². The average Bonchev–Trinajstić information content (AvgIpc) is 2.74. The van der Waals surface area contributed by atoms with Gasteiger partial charge in [0.25, 0.3) is 0 Å². The minimum absolute atomic E-state index is 0.0586. The summed E-state index contributed by atoms with van der Waals surface area (Å²) in [6.07, 6.45) is -8.72. The van der Waals surface area contributed by atoms with Crippen molar-refractivity contribution in [3.63, 3.8) is 0 Å². The first-order valence-electron chi connectivity index (χ1n) is 10.4. The molecule has 0 unspecified atom stereocenters. The average molecular weight is 541 g/mol. The highest BCUT2D eigenvalue weighted by molar-refractivity contribution is 5.72. The van der Waals surface area contributed by atoms with Crippen LogP contribution in [-0.4, -0.2) is 6.36 Å². The molecule has 0 bridgehead atoms. The number of benzene rings is 3. The van der Waals surface area contributed by atoms with Crippen LogP contribution in [-0.2, 0) is 17.6 Å². The molecule has 0 atom stereocenters. The Hall–Kier alpha value is -3.64. The molecule has 199 valence electrons. The molecular formula is C24H15F10O3. The Balaban J connectivity index is 2.04. The van der Waals surface area contributed by atoms with E-state index in [1.807, 2.05) is 6.92 Å². The van der Waals surface area contributed by atoms with Crippen LogP contribution in [0.5, 0.6) is 17.2 Å². The van der Waals surface area contributed by atoms with Gasteiger partial charge in [-0.25, -0.2) is 22.0 Å². The third-order valence-electron chi connectivity index (χ3n) is 5.03. The smallest absolute Gasteiger partial charge is 0.429 e. The van der Waals surface area contributed by atoms with Crippen LogP contribution in [0.2, 0.25) is 0 Å². The van der Waals surface area contributed by atoms with Crippen LogP contribution in [0.4, 0.5) is 43.9 Å². The van der Waals surface area contributed by atoms with Gasteiger partial charge in [-0.3, -0.25) is 5.11 Å². The lowest BCUT2D eigenvalue weighted by Gasteiger charge is -2.21. The standard InChI is InChI=1S/C24H15F10O3/c1-2-3-4-11-5-6-13(14(25)7-11)19-18(35)10-15(26)20(21(19)29)23(30,31)36-12-8-16(27)22(17(28)9-12)37-24(32,33)34/h5-10H,2-4H2,1H3. The zero-order chi connectivity index (χ0) is 27.7. The number of aryl methyl sites for hydroxylation is 1. The Kier molecular flexibility index (Phi) is 7.84. The molecule has 0 aliphatic heterocycles. The fraction of sp³-hybridized carbons (Fsp3) is 0.250. The first-order chi connectivity index (χ1) is 17.1. The lowest BCUT2D eigenvalue weighted by Crippen LogP contribution is -2.26. The largest absolute Gasteiger partial charge is 0.573 e. The molecule has 13 heteroatoms. The van der Waals surface area contributed by atoms with Crippen LogP contribution in [0.1, 0.15) is 30.9 Å². The van der Waals surface area contributed by atoms with E-state index in [0.29, 0.717) is 18.4 Å². The predicted octanol–water partition coefficient (Wildman–Crippen LogP) is 8.56. The monoisotopic (exact) mass is 541 g/mol. The van der Waals surface area contributed by atoms with E-state index in [1.54, 1.807) is 0 Å². The summed E-state index contributed by atoms with van der Waals surface area (Å²) in [6, 6.07) is 2.87. The van der Waals surface area contributed by atoms with Crippen molar-refractivity contribution in [3.05, 3.63) is 76.6 Å². The van der Waals surface area contributed by atoms with Gasteiger partial charge in [0.2, 0.25) is 5.75 Å². The van der Waals surface area contributed by atoms with Crippen LogP contribution in [0.25, 0.3) is 11.1 Å². The van der Waals surface area contributed by atoms with Crippen molar-refractivity contribution in [2.45, 2.75) is 38.7 Å². The maximum Gasteiger partial charge on any atom is 0.573 e. The summed E-state index contributed by atoms with van der Waals surface area (Å²) < 4.78 is 145. The zero-order valence-corrected chi connectivity index (χ0v) is 18.6. The lowest BCUT2D eigenvalue weighted by molar-refractivity contribution is -0.276. The van der Waals surface area contributed by atoms with Gasteiger partial charge in [0, 0.05) is 23.8 Å². The number of hydrogen-bond acceptors (Lipinski definition) is 2.